The minimum absolute atomic E-state index is 0.117. The molecule has 36 heavy (non-hydrogen) atoms. The number of aliphatic hydroxyl groups excluding tert-OH is 2. The van der Waals surface area contributed by atoms with Crippen molar-refractivity contribution >= 4 is 11.8 Å². The van der Waals surface area contributed by atoms with Crippen LogP contribution in [0.3, 0.4) is 0 Å². The van der Waals surface area contributed by atoms with Crippen molar-refractivity contribution in [3.63, 3.8) is 0 Å². The van der Waals surface area contributed by atoms with Crippen molar-refractivity contribution in [1.29, 1.82) is 0 Å². The molecule has 0 saturated heterocycles. The highest BCUT2D eigenvalue weighted by molar-refractivity contribution is 5.96. The maximum absolute atomic E-state index is 13.2. The fraction of sp³-hybridized carbons (Fsp3) is 0.385. The van der Waals surface area contributed by atoms with E-state index < -0.39 is 18.1 Å². The van der Waals surface area contributed by atoms with Crippen LogP contribution in [0.15, 0.2) is 71.0 Å². The molecule has 4 rings (SSSR count). The molecular weight excluding hydrogens is 475 g/mol. The molecule has 7 nitrogen and oxygen atoms in total. The first kappa shape index (κ1) is 25.7. The van der Waals surface area contributed by atoms with Gasteiger partial charge in [0.15, 0.2) is 5.90 Å². The smallest absolute Gasteiger partial charge is 0.416 e. The lowest BCUT2D eigenvalue weighted by molar-refractivity contribution is -0.154. The third-order valence-corrected chi connectivity index (χ3v) is 6.34. The number of halogens is 3. The van der Waals surface area contributed by atoms with Crippen LogP contribution in [0.2, 0.25) is 0 Å². The molecule has 192 valence electrons. The zero-order chi connectivity index (χ0) is 25.9. The lowest BCUT2D eigenvalue weighted by Crippen LogP contribution is -2.54. The predicted molar refractivity (Wildman–Crippen MR) is 127 cm³/mol. The Labute approximate surface area is 207 Å². The van der Waals surface area contributed by atoms with Crippen LogP contribution in [0.25, 0.3) is 0 Å². The molecule has 2 aromatic carbocycles. The van der Waals surface area contributed by atoms with E-state index in [9.17, 15) is 28.2 Å². The van der Waals surface area contributed by atoms with E-state index in [1.165, 1.54) is 21.9 Å². The number of ether oxygens (including phenoxy) is 1. The van der Waals surface area contributed by atoms with Crippen LogP contribution in [0.5, 0.6) is 5.75 Å². The molecule has 0 aliphatic carbocycles. The number of hydrogen-bond acceptors (Lipinski definition) is 6. The average Bonchev–Trinajstić information content (AvgIpc) is 3.03. The van der Waals surface area contributed by atoms with Crippen molar-refractivity contribution in [2.45, 2.75) is 38.2 Å². The first-order valence-electron chi connectivity index (χ1n) is 11.7. The largest absolute Gasteiger partial charge is 0.443 e. The molecule has 2 unspecified atom stereocenters. The normalized spacial score (nSPS) is 20.7. The fourth-order valence-corrected chi connectivity index (χ4v) is 4.39. The molecule has 2 aliphatic rings. The van der Waals surface area contributed by atoms with E-state index in [-0.39, 0.29) is 42.4 Å². The molecule has 0 saturated carbocycles. The molecule has 2 aromatic rings. The predicted octanol–water partition coefficient (Wildman–Crippen LogP) is 3.78. The number of aliphatic hydroxyl groups is 2. The number of carbonyl (C=O) groups excluding carboxylic acids is 1. The first-order chi connectivity index (χ1) is 17.2. The molecule has 2 aliphatic heterocycles. The van der Waals surface area contributed by atoms with Gasteiger partial charge in [-0.15, -0.1) is 0 Å². The minimum atomic E-state index is -4.46. The second-order valence-electron chi connectivity index (χ2n) is 8.83. The van der Waals surface area contributed by atoms with E-state index >= 15 is 0 Å². The van der Waals surface area contributed by atoms with Gasteiger partial charge in [-0.2, -0.15) is 18.2 Å². The van der Waals surface area contributed by atoms with Crippen LogP contribution in [-0.4, -0.2) is 58.4 Å². The minimum Gasteiger partial charge on any atom is -0.443 e. The number of carbonyl (C=O) groups is 1. The van der Waals surface area contributed by atoms with Crippen molar-refractivity contribution < 1.29 is 32.9 Å². The lowest BCUT2D eigenvalue weighted by atomic mass is 9.92. The second kappa shape index (κ2) is 10.7. The number of amides is 1. The van der Waals surface area contributed by atoms with Crippen LogP contribution in [0.1, 0.15) is 30.4 Å². The highest BCUT2D eigenvalue weighted by atomic mass is 19.4. The summed E-state index contributed by atoms with van der Waals surface area (Å²) in [5, 5.41) is 19.9. The van der Waals surface area contributed by atoms with Gasteiger partial charge < -0.3 is 19.8 Å². The van der Waals surface area contributed by atoms with Gasteiger partial charge in [0.25, 0.3) is 5.91 Å². The van der Waals surface area contributed by atoms with Gasteiger partial charge >= 0.3 is 6.18 Å². The van der Waals surface area contributed by atoms with Gasteiger partial charge in [0.1, 0.15) is 11.6 Å². The number of alkyl halides is 3. The molecule has 0 fully saturated rings. The van der Waals surface area contributed by atoms with Gasteiger partial charge in [0.2, 0.25) is 6.35 Å². The Balaban J connectivity index is 1.69. The standard InChI is InChI=1S/C26H28F3N3O4/c1-31-22-21(24(34)32(25(31)35)14-5-15-33)13-8-18(16-17-6-3-2-4-7-17)23(30-22)36-20-11-9-19(10-12-20)26(27,28)29/h2-4,6-7,9-12,18,25,33,35H,5,8,13-16H2,1H3. The van der Waals surface area contributed by atoms with E-state index in [0.717, 1.165) is 17.7 Å². The summed E-state index contributed by atoms with van der Waals surface area (Å²) in [6, 6.07) is 14.0. The Kier molecular flexibility index (Phi) is 7.65. The molecule has 0 bridgehead atoms. The number of rotatable bonds is 6. The molecule has 2 atom stereocenters. The van der Waals surface area contributed by atoms with Gasteiger partial charge in [-0.1, -0.05) is 30.3 Å². The molecule has 0 spiro atoms. The molecule has 1 amide bonds. The number of hydrogen-bond donors (Lipinski definition) is 2. The molecule has 0 radical (unpaired) electrons. The highest BCUT2D eigenvalue weighted by Gasteiger charge is 2.39. The number of nitrogens with zero attached hydrogens (tertiary/aromatic N) is 3. The Morgan fingerprint density at radius 3 is 2.44 bits per heavy atom. The van der Waals surface area contributed by atoms with Gasteiger partial charge in [0, 0.05) is 26.1 Å². The molecule has 10 heteroatoms. The van der Waals surface area contributed by atoms with Crippen LogP contribution in [0.4, 0.5) is 13.2 Å². The summed E-state index contributed by atoms with van der Waals surface area (Å²) in [5.41, 5.74) is 0.660. The van der Waals surface area contributed by atoms with Crippen molar-refractivity contribution in [3.8, 4) is 5.75 Å². The Morgan fingerprint density at radius 2 is 1.81 bits per heavy atom. The van der Waals surface area contributed by atoms with Crippen molar-refractivity contribution in [3.05, 3.63) is 77.1 Å². The maximum atomic E-state index is 13.2. The molecular formula is C26H28F3N3O4. The van der Waals surface area contributed by atoms with E-state index in [0.29, 0.717) is 31.3 Å². The summed E-state index contributed by atoms with van der Waals surface area (Å²) in [7, 11) is 1.61. The van der Waals surface area contributed by atoms with Crippen LogP contribution in [0, 0.1) is 5.92 Å². The van der Waals surface area contributed by atoms with Gasteiger partial charge in [-0.25, -0.2) is 0 Å². The third-order valence-electron chi connectivity index (χ3n) is 6.34. The highest BCUT2D eigenvalue weighted by Crippen LogP contribution is 2.34. The van der Waals surface area contributed by atoms with E-state index in [4.69, 9.17) is 4.74 Å². The third kappa shape index (κ3) is 5.55. The SMILES string of the molecule is CN1C2=C(CCC(Cc3ccccc3)C(Oc3ccc(C(F)(F)F)cc3)=N2)C(=O)N(CCCO)C1O. The summed E-state index contributed by atoms with van der Waals surface area (Å²) in [5.74, 6) is 0.106. The first-order valence-corrected chi connectivity index (χ1v) is 11.7. The van der Waals surface area contributed by atoms with E-state index in [1.807, 2.05) is 30.3 Å². The monoisotopic (exact) mass is 503 g/mol. The average molecular weight is 504 g/mol. The Hall–Kier alpha value is -3.37. The zero-order valence-electron chi connectivity index (χ0n) is 19.8. The summed E-state index contributed by atoms with van der Waals surface area (Å²) < 4.78 is 45.0. The maximum Gasteiger partial charge on any atom is 0.416 e. The van der Waals surface area contributed by atoms with Crippen LogP contribution in [-0.2, 0) is 17.4 Å². The summed E-state index contributed by atoms with van der Waals surface area (Å²) >= 11 is 0. The van der Waals surface area contributed by atoms with Gasteiger partial charge in [-0.05, 0) is 55.5 Å². The summed E-state index contributed by atoms with van der Waals surface area (Å²) in [6.07, 6.45) is -3.98. The molecule has 2 heterocycles. The van der Waals surface area contributed by atoms with Crippen molar-refractivity contribution in [2.24, 2.45) is 10.9 Å². The van der Waals surface area contributed by atoms with Crippen molar-refractivity contribution in [2.75, 3.05) is 20.2 Å². The lowest BCUT2D eigenvalue weighted by Gasteiger charge is -2.40. The quantitative estimate of drug-likeness (QED) is 0.627. The van der Waals surface area contributed by atoms with Gasteiger partial charge in [0.05, 0.1) is 11.1 Å². The molecule has 2 N–H and O–H groups in total. The second-order valence-corrected chi connectivity index (χ2v) is 8.83. The fourth-order valence-electron chi connectivity index (χ4n) is 4.39. The van der Waals surface area contributed by atoms with E-state index in [2.05, 4.69) is 4.99 Å². The Bertz CT molecular complexity index is 1130. The zero-order valence-corrected chi connectivity index (χ0v) is 19.8. The molecule has 0 aromatic heterocycles. The number of benzene rings is 2. The summed E-state index contributed by atoms with van der Waals surface area (Å²) in [4.78, 5) is 20.6. The summed E-state index contributed by atoms with van der Waals surface area (Å²) in [6.45, 7) is 0.0677. The van der Waals surface area contributed by atoms with Crippen LogP contribution < -0.4 is 4.74 Å². The topological polar surface area (TPSA) is 85.6 Å². The number of aliphatic imine (C=N–C) groups is 1. The Morgan fingerprint density at radius 1 is 1.11 bits per heavy atom. The van der Waals surface area contributed by atoms with Gasteiger partial charge in [-0.3, -0.25) is 9.69 Å². The van der Waals surface area contributed by atoms with Crippen molar-refractivity contribution in [1.82, 2.24) is 9.80 Å². The van der Waals surface area contributed by atoms with Crippen LogP contribution >= 0.6 is 0 Å². The van der Waals surface area contributed by atoms with E-state index in [1.54, 1.807) is 7.05 Å².